The number of hydrogen-bond acceptors (Lipinski definition) is 4. The third-order valence-electron chi connectivity index (χ3n) is 3.64. The van der Waals surface area contributed by atoms with Crippen molar-refractivity contribution in [3.05, 3.63) is 53.1 Å². The van der Waals surface area contributed by atoms with Crippen molar-refractivity contribution >= 4 is 17.9 Å². The predicted octanol–water partition coefficient (Wildman–Crippen LogP) is 3.53. The molecule has 0 spiro atoms. The summed E-state index contributed by atoms with van der Waals surface area (Å²) in [5, 5.41) is 2.83. The van der Waals surface area contributed by atoms with E-state index in [0.717, 1.165) is 23.1 Å². The molecule has 0 aromatic heterocycles. The minimum atomic E-state index is -0.259. The van der Waals surface area contributed by atoms with E-state index in [0.29, 0.717) is 23.7 Å². The standard InChI is InChI=1S/C19H21NO4/c1-4-23-18-10-15(11-21)8-9-17(18)24-12-19(22)20-16-7-5-6-13(2)14(16)3/h5-11H,4,12H2,1-3H3,(H,20,22). The highest BCUT2D eigenvalue weighted by Gasteiger charge is 2.10. The van der Waals surface area contributed by atoms with E-state index in [1.807, 2.05) is 39.0 Å². The molecule has 0 radical (unpaired) electrons. The van der Waals surface area contributed by atoms with Crippen LogP contribution in [0.5, 0.6) is 11.5 Å². The van der Waals surface area contributed by atoms with Gasteiger partial charge in [0.2, 0.25) is 0 Å². The second-order valence-corrected chi connectivity index (χ2v) is 5.34. The average molecular weight is 327 g/mol. The third kappa shape index (κ3) is 4.35. The van der Waals surface area contributed by atoms with Gasteiger partial charge in [0.1, 0.15) is 6.29 Å². The monoisotopic (exact) mass is 327 g/mol. The largest absolute Gasteiger partial charge is 0.490 e. The zero-order chi connectivity index (χ0) is 17.5. The van der Waals surface area contributed by atoms with Crippen molar-refractivity contribution in [2.24, 2.45) is 0 Å². The Kier molecular flexibility index (Phi) is 5.95. The molecule has 126 valence electrons. The van der Waals surface area contributed by atoms with Gasteiger partial charge >= 0.3 is 0 Å². The summed E-state index contributed by atoms with van der Waals surface area (Å²) >= 11 is 0. The molecule has 0 saturated carbocycles. The van der Waals surface area contributed by atoms with Gasteiger partial charge in [-0.3, -0.25) is 9.59 Å². The van der Waals surface area contributed by atoms with Gasteiger partial charge in [-0.1, -0.05) is 12.1 Å². The summed E-state index contributed by atoms with van der Waals surface area (Å²) in [6.07, 6.45) is 0.736. The summed E-state index contributed by atoms with van der Waals surface area (Å²) in [6, 6.07) is 10.6. The lowest BCUT2D eigenvalue weighted by molar-refractivity contribution is -0.118. The number of hydrogen-bond donors (Lipinski definition) is 1. The van der Waals surface area contributed by atoms with Gasteiger partial charge in [0.05, 0.1) is 6.61 Å². The van der Waals surface area contributed by atoms with Crippen molar-refractivity contribution in [2.45, 2.75) is 20.8 Å². The number of benzene rings is 2. The molecule has 24 heavy (non-hydrogen) atoms. The highest BCUT2D eigenvalue weighted by atomic mass is 16.5. The Labute approximate surface area is 141 Å². The fourth-order valence-electron chi connectivity index (χ4n) is 2.20. The SMILES string of the molecule is CCOc1cc(C=O)ccc1OCC(=O)Nc1cccc(C)c1C. The lowest BCUT2D eigenvalue weighted by Crippen LogP contribution is -2.21. The fourth-order valence-corrected chi connectivity index (χ4v) is 2.20. The molecular formula is C19H21NO4. The van der Waals surface area contributed by atoms with Gasteiger partial charge in [0.25, 0.3) is 5.91 Å². The Bertz CT molecular complexity index is 740. The molecule has 0 aliphatic carbocycles. The maximum Gasteiger partial charge on any atom is 0.262 e. The summed E-state index contributed by atoms with van der Waals surface area (Å²) in [6.45, 7) is 6.08. The summed E-state index contributed by atoms with van der Waals surface area (Å²) < 4.78 is 11.0. The molecule has 0 fully saturated rings. The summed E-state index contributed by atoms with van der Waals surface area (Å²) in [7, 11) is 0. The molecule has 0 bridgehead atoms. The first-order valence-corrected chi connectivity index (χ1v) is 7.76. The zero-order valence-corrected chi connectivity index (χ0v) is 14.1. The third-order valence-corrected chi connectivity index (χ3v) is 3.64. The molecule has 0 aliphatic rings. The van der Waals surface area contributed by atoms with Crippen molar-refractivity contribution in [2.75, 3.05) is 18.5 Å². The number of carbonyl (C=O) groups is 2. The van der Waals surface area contributed by atoms with E-state index in [9.17, 15) is 9.59 Å². The highest BCUT2D eigenvalue weighted by Crippen LogP contribution is 2.28. The molecule has 0 atom stereocenters. The maximum atomic E-state index is 12.1. The van der Waals surface area contributed by atoms with Crippen LogP contribution in [-0.2, 0) is 4.79 Å². The van der Waals surface area contributed by atoms with Crippen molar-refractivity contribution in [1.29, 1.82) is 0 Å². The van der Waals surface area contributed by atoms with Gasteiger partial charge in [-0.15, -0.1) is 0 Å². The Hall–Kier alpha value is -2.82. The lowest BCUT2D eigenvalue weighted by Gasteiger charge is -2.13. The first-order chi connectivity index (χ1) is 11.5. The Morgan fingerprint density at radius 2 is 1.92 bits per heavy atom. The van der Waals surface area contributed by atoms with Gasteiger partial charge in [-0.2, -0.15) is 0 Å². The van der Waals surface area contributed by atoms with Crippen LogP contribution in [0.15, 0.2) is 36.4 Å². The van der Waals surface area contributed by atoms with Crippen LogP contribution in [0.25, 0.3) is 0 Å². The number of rotatable bonds is 7. The molecule has 1 amide bonds. The summed E-state index contributed by atoms with van der Waals surface area (Å²) in [4.78, 5) is 23.0. The Balaban J connectivity index is 2.03. The van der Waals surface area contributed by atoms with E-state index >= 15 is 0 Å². The smallest absolute Gasteiger partial charge is 0.262 e. The van der Waals surface area contributed by atoms with Crippen molar-refractivity contribution in [3.63, 3.8) is 0 Å². The molecule has 2 rings (SSSR count). The van der Waals surface area contributed by atoms with Crippen LogP contribution in [-0.4, -0.2) is 25.4 Å². The van der Waals surface area contributed by atoms with Crippen LogP contribution in [0.4, 0.5) is 5.69 Å². The number of amides is 1. The number of nitrogens with one attached hydrogen (secondary N) is 1. The van der Waals surface area contributed by atoms with Gasteiger partial charge < -0.3 is 14.8 Å². The predicted molar refractivity (Wildman–Crippen MR) is 93.0 cm³/mol. The normalized spacial score (nSPS) is 10.1. The molecule has 0 saturated heterocycles. The van der Waals surface area contributed by atoms with Crippen molar-refractivity contribution < 1.29 is 19.1 Å². The van der Waals surface area contributed by atoms with E-state index < -0.39 is 0 Å². The van der Waals surface area contributed by atoms with Gasteiger partial charge in [0, 0.05) is 11.3 Å². The number of aldehydes is 1. The van der Waals surface area contributed by atoms with Crippen molar-refractivity contribution in [1.82, 2.24) is 0 Å². The van der Waals surface area contributed by atoms with Gasteiger partial charge in [-0.25, -0.2) is 0 Å². The van der Waals surface area contributed by atoms with Crippen LogP contribution in [0, 0.1) is 13.8 Å². The van der Waals surface area contributed by atoms with E-state index in [2.05, 4.69) is 5.32 Å². The number of aryl methyl sites for hydroxylation is 1. The van der Waals surface area contributed by atoms with E-state index in [4.69, 9.17) is 9.47 Å². The fraction of sp³-hybridized carbons (Fsp3) is 0.263. The second-order valence-electron chi connectivity index (χ2n) is 5.34. The minimum Gasteiger partial charge on any atom is -0.490 e. The second kappa shape index (κ2) is 8.15. The minimum absolute atomic E-state index is 0.145. The topological polar surface area (TPSA) is 64.6 Å². The van der Waals surface area contributed by atoms with Crippen LogP contribution >= 0.6 is 0 Å². The van der Waals surface area contributed by atoms with Crippen LogP contribution < -0.4 is 14.8 Å². The molecule has 2 aromatic rings. The van der Waals surface area contributed by atoms with Crippen molar-refractivity contribution in [3.8, 4) is 11.5 Å². The van der Waals surface area contributed by atoms with Crippen LogP contribution in [0.2, 0.25) is 0 Å². The van der Waals surface area contributed by atoms with Gasteiger partial charge in [0.15, 0.2) is 18.1 Å². The molecule has 0 heterocycles. The molecule has 0 aliphatic heterocycles. The molecule has 0 unspecified atom stereocenters. The quantitative estimate of drug-likeness (QED) is 0.790. The van der Waals surface area contributed by atoms with E-state index in [1.54, 1.807) is 18.2 Å². The van der Waals surface area contributed by atoms with Crippen LogP contribution in [0.1, 0.15) is 28.4 Å². The molecular weight excluding hydrogens is 306 g/mol. The maximum absolute atomic E-state index is 12.1. The van der Waals surface area contributed by atoms with E-state index in [1.165, 1.54) is 0 Å². The number of anilines is 1. The van der Waals surface area contributed by atoms with Gasteiger partial charge in [-0.05, 0) is 56.2 Å². The Morgan fingerprint density at radius 3 is 2.62 bits per heavy atom. The summed E-state index contributed by atoms with van der Waals surface area (Å²) in [5.74, 6) is 0.616. The lowest BCUT2D eigenvalue weighted by atomic mass is 10.1. The Morgan fingerprint density at radius 1 is 1.12 bits per heavy atom. The average Bonchev–Trinajstić information content (AvgIpc) is 2.58. The van der Waals surface area contributed by atoms with Crippen LogP contribution in [0.3, 0.4) is 0 Å². The first-order valence-electron chi connectivity index (χ1n) is 7.76. The highest BCUT2D eigenvalue weighted by molar-refractivity contribution is 5.92. The molecule has 5 nitrogen and oxygen atoms in total. The number of ether oxygens (including phenoxy) is 2. The molecule has 2 aromatic carbocycles. The molecule has 5 heteroatoms. The first kappa shape index (κ1) is 17.5. The molecule has 1 N–H and O–H groups in total. The zero-order valence-electron chi connectivity index (χ0n) is 14.1. The van der Waals surface area contributed by atoms with E-state index in [-0.39, 0.29) is 12.5 Å². The summed E-state index contributed by atoms with van der Waals surface area (Å²) in [5.41, 5.74) is 3.39. The number of carbonyl (C=O) groups excluding carboxylic acids is 2.